The minimum Gasteiger partial charge on any atom is -0.444 e. The fourth-order valence-electron chi connectivity index (χ4n) is 1.45. The Bertz CT molecular complexity index is 603. The highest BCUT2D eigenvalue weighted by atomic mass is 16.6. The molecule has 0 saturated heterocycles. The van der Waals surface area contributed by atoms with E-state index < -0.39 is 16.6 Å². The summed E-state index contributed by atoms with van der Waals surface area (Å²) in [6, 6.07) is 4.27. The molecule has 2 N–H and O–H groups in total. The number of aromatic nitrogens is 1. The van der Waals surface area contributed by atoms with Gasteiger partial charge in [0.25, 0.3) is 0 Å². The Hall–Kier alpha value is -2.89. The maximum Gasteiger partial charge on any atom is 0.407 e. The summed E-state index contributed by atoms with van der Waals surface area (Å²) in [6.45, 7) is 5.88. The van der Waals surface area contributed by atoms with Gasteiger partial charge in [-0.1, -0.05) is 0 Å². The first-order valence-corrected chi connectivity index (χ1v) is 6.49. The van der Waals surface area contributed by atoms with Gasteiger partial charge in [-0.15, -0.1) is 0 Å². The summed E-state index contributed by atoms with van der Waals surface area (Å²) in [6.07, 6.45) is -0.538. The van der Waals surface area contributed by atoms with Crippen molar-refractivity contribution in [3.63, 3.8) is 0 Å². The Morgan fingerprint density at radius 2 is 2.14 bits per heavy atom. The number of anilines is 1. The molecule has 0 aliphatic carbocycles. The Balaban J connectivity index is 2.48. The molecule has 0 unspecified atom stereocenters. The molecule has 22 heavy (non-hydrogen) atoms. The van der Waals surface area contributed by atoms with Crippen molar-refractivity contribution in [1.82, 2.24) is 10.3 Å². The predicted molar refractivity (Wildman–Crippen MR) is 78.3 cm³/mol. The Kier molecular flexibility index (Phi) is 5.63. The van der Waals surface area contributed by atoms with E-state index in [1.807, 2.05) is 0 Å². The largest absolute Gasteiger partial charge is 0.444 e. The lowest BCUT2D eigenvalue weighted by Crippen LogP contribution is -2.35. The lowest BCUT2D eigenvalue weighted by Gasteiger charge is -2.19. The third-order valence-electron chi connectivity index (χ3n) is 2.28. The van der Waals surface area contributed by atoms with Crippen LogP contribution in [0.15, 0.2) is 12.1 Å². The van der Waals surface area contributed by atoms with Crippen LogP contribution in [0.5, 0.6) is 0 Å². The van der Waals surface area contributed by atoms with E-state index in [0.29, 0.717) is 12.4 Å². The number of hydrogen-bond donors (Lipinski definition) is 2. The zero-order chi connectivity index (χ0) is 16.8. The molecule has 1 aromatic rings. The molecule has 1 heterocycles. The van der Waals surface area contributed by atoms with Gasteiger partial charge in [-0.2, -0.15) is 5.26 Å². The van der Waals surface area contributed by atoms with Crippen molar-refractivity contribution in [2.24, 2.45) is 0 Å². The van der Waals surface area contributed by atoms with Gasteiger partial charge in [0.1, 0.15) is 17.5 Å². The molecule has 0 bridgehead atoms. The third-order valence-corrected chi connectivity index (χ3v) is 2.28. The van der Waals surface area contributed by atoms with E-state index in [9.17, 15) is 14.9 Å². The molecule has 0 spiro atoms. The molecule has 9 nitrogen and oxygen atoms in total. The molecule has 1 amide bonds. The number of amides is 1. The first-order valence-electron chi connectivity index (χ1n) is 6.49. The number of rotatable bonds is 5. The monoisotopic (exact) mass is 307 g/mol. The van der Waals surface area contributed by atoms with Crippen molar-refractivity contribution in [1.29, 1.82) is 5.26 Å². The maximum atomic E-state index is 11.4. The smallest absolute Gasteiger partial charge is 0.407 e. The van der Waals surface area contributed by atoms with Gasteiger partial charge >= 0.3 is 11.8 Å². The van der Waals surface area contributed by atoms with Crippen molar-refractivity contribution >= 4 is 17.6 Å². The Morgan fingerprint density at radius 1 is 1.45 bits per heavy atom. The van der Waals surface area contributed by atoms with Crippen LogP contribution in [-0.4, -0.2) is 34.7 Å². The number of ether oxygens (including phenoxy) is 1. The average molecular weight is 307 g/mol. The second kappa shape index (κ2) is 7.21. The number of carbonyl (C=O) groups excluding carboxylic acids is 1. The number of carbonyl (C=O) groups is 1. The highest BCUT2D eigenvalue weighted by Crippen LogP contribution is 2.17. The number of nitriles is 1. The molecule has 118 valence electrons. The van der Waals surface area contributed by atoms with Crippen LogP contribution in [0, 0.1) is 21.4 Å². The van der Waals surface area contributed by atoms with Gasteiger partial charge < -0.3 is 15.4 Å². The molecular formula is C13H17N5O4. The second-order valence-electron chi connectivity index (χ2n) is 5.29. The van der Waals surface area contributed by atoms with Crippen LogP contribution in [-0.2, 0) is 4.74 Å². The van der Waals surface area contributed by atoms with Crippen molar-refractivity contribution < 1.29 is 14.5 Å². The number of hydrogen-bond acceptors (Lipinski definition) is 7. The molecule has 0 aliphatic heterocycles. The van der Waals surface area contributed by atoms with Gasteiger partial charge in [-0.25, -0.2) is 9.78 Å². The summed E-state index contributed by atoms with van der Waals surface area (Å²) < 4.78 is 5.06. The standard InChI is InChI=1S/C13H17N5O4/c1-13(2,3)22-12(19)16-7-6-15-11-5-4-10(18(20)21)9(8-14)17-11/h4-5H,6-7H2,1-3H3,(H,15,17)(H,16,19). The quantitative estimate of drug-likeness (QED) is 0.481. The lowest BCUT2D eigenvalue weighted by molar-refractivity contribution is -0.385. The van der Waals surface area contributed by atoms with Gasteiger partial charge in [-0.3, -0.25) is 10.1 Å². The van der Waals surface area contributed by atoms with Crippen LogP contribution in [0.1, 0.15) is 26.5 Å². The fraction of sp³-hybridized carbons (Fsp3) is 0.462. The van der Waals surface area contributed by atoms with Crippen LogP contribution < -0.4 is 10.6 Å². The van der Waals surface area contributed by atoms with Crippen molar-refractivity contribution in [2.75, 3.05) is 18.4 Å². The first kappa shape index (κ1) is 17.2. The molecule has 0 saturated carbocycles. The summed E-state index contributed by atoms with van der Waals surface area (Å²) in [5.41, 5.74) is -1.19. The average Bonchev–Trinajstić information content (AvgIpc) is 2.41. The summed E-state index contributed by atoms with van der Waals surface area (Å²) in [7, 11) is 0. The molecule has 0 atom stereocenters. The highest BCUT2D eigenvalue weighted by Gasteiger charge is 2.16. The molecule has 0 aromatic carbocycles. The number of nitrogens with zero attached hydrogens (tertiary/aromatic N) is 3. The highest BCUT2D eigenvalue weighted by molar-refractivity contribution is 5.67. The van der Waals surface area contributed by atoms with E-state index in [1.165, 1.54) is 12.1 Å². The van der Waals surface area contributed by atoms with Crippen molar-refractivity contribution in [3.8, 4) is 6.07 Å². The van der Waals surface area contributed by atoms with E-state index in [2.05, 4.69) is 15.6 Å². The van der Waals surface area contributed by atoms with E-state index in [1.54, 1.807) is 26.8 Å². The van der Waals surface area contributed by atoms with Gasteiger partial charge in [0.15, 0.2) is 0 Å². The summed E-state index contributed by atoms with van der Waals surface area (Å²) >= 11 is 0. The van der Waals surface area contributed by atoms with Crippen LogP contribution in [0.4, 0.5) is 16.3 Å². The topological polar surface area (TPSA) is 130 Å². The SMILES string of the molecule is CC(C)(C)OC(=O)NCCNc1ccc([N+](=O)[O-])c(C#N)n1. The van der Waals surface area contributed by atoms with Crippen LogP contribution in [0.25, 0.3) is 0 Å². The second-order valence-corrected chi connectivity index (χ2v) is 5.29. The summed E-state index contributed by atoms with van der Waals surface area (Å²) in [4.78, 5) is 25.2. The van der Waals surface area contributed by atoms with E-state index in [-0.39, 0.29) is 17.9 Å². The third kappa shape index (κ3) is 5.62. The molecule has 0 fully saturated rings. The van der Waals surface area contributed by atoms with E-state index >= 15 is 0 Å². The van der Waals surface area contributed by atoms with E-state index in [4.69, 9.17) is 10.00 Å². The van der Waals surface area contributed by atoms with Crippen LogP contribution >= 0.6 is 0 Å². The Morgan fingerprint density at radius 3 is 2.68 bits per heavy atom. The lowest BCUT2D eigenvalue weighted by atomic mass is 10.2. The molecule has 1 rings (SSSR count). The van der Waals surface area contributed by atoms with Crippen molar-refractivity contribution in [2.45, 2.75) is 26.4 Å². The molecule has 0 radical (unpaired) electrons. The first-order chi connectivity index (χ1) is 10.2. The number of pyridine rings is 1. The summed E-state index contributed by atoms with van der Waals surface area (Å²) in [5.74, 6) is 0.313. The molecule has 1 aromatic heterocycles. The molecule has 9 heteroatoms. The zero-order valence-corrected chi connectivity index (χ0v) is 12.5. The fourth-order valence-corrected chi connectivity index (χ4v) is 1.45. The number of nitrogens with one attached hydrogen (secondary N) is 2. The number of alkyl carbamates (subject to hydrolysis) is 1. The zero-order valence-electron chi connectivity index (χ0n) is 12.5. The molecular weight excluding hydrogens is 290 g/mol. The number of nitro groups is 1. The van der Waals surface area contributed by atoms with Gasteiger partial charge in [0, 0.05) is 19.2 Å². The Labute approximate surface area is 127 Å². The van der Waals surface area contributed by atoms with Crippen LogP contribution in [0.3, 0.4) is 0 Å². The van der Waals surface area contributed by atoms with Gasteiger partial charge in [0.05, 0.1) is 4.92 Å². The van der Waals surface area contributed by atoms with Gasteiger partial charge in [-0.05, 0) is 26.8 Å². The van der Waals surface area contributed by atoms with E-state index in [0.717, 1.165) is 0 Å². The van der Waals surface area contributed by atoms with Crippen molar-refractivity contribution in [3.05, 3.63) is 27.9 Å². The van der Waals surface area contributed by atoms with Crippen LogP contribution in [0.2, 0.25) is 0 Å². The minimum atomic E-state index is -0.667. The molecule has 0 aliphatic rings. The van der Waals surface area contributed by atoms with Gasteiger partial charge in [0.2, 0.25) is 5.69 Å². The minimum absolute atomic E-state index is 0.268. The normalized spacial score (nSPS) is 10.5. The summed E-state index contributed by atoms with van der Waals surface area (Å²) in [5, 5.41) is 24.9. The predicted octanol–water partition coefficient (Wildman–Crippen LogP) is 1.80. The maximum absolute atomic E-state index is 11.4.